The Morgan fingerprint density at radius 3 is 1.40 bits per heavy atom. The van der Waals surface area contributed by atoms with E-state index >= 15 is 0 Å². The minimum atomic E-state index is -4.44. The Balaban J connectivity index is 1.56. The van der Waals surface area contributed by atoms with Crippen molar-refractivity contribution < 1.29 is 70.3 Å². The van der Waals surface area contributed by atoms with Crippen LogP contribution in [-0.4, -0.2) is 69.1 Å². The van der Waals surface area contributed by atoms with Crippen molar-refractivity contribution in [1.82, 2.24) is 0 Å². The quantitative estimate of drug-likeness (QED) is 0.0250. The molecule has 0 aliphatic heterocycles. The molecule has 12 nitrogen and oxygen atoms in total. The molecule has 0 N–H and O–H groups in total. The number of benzene rings is 3. The van der Waals surface area contributed by atoms with Crippen LogP contribution in [0.2, 0.25) is 0 Å². The van der Waals surface area contributed by atoms with E-state index in [9.17, 15) is 37.1 Å². The van der Waals surface area contributed by atoms with Crippen molar-refractivity contribution in [3.63, 3.8) is 0 Å². The third kappa shape index (κ3) is 18.2. The summed E-state index contributed by atoms with van der Waals surface area (Å²) in [7, 11) is 0. The van der Waals surface area contributed by atoms with Gasteiger partial charge in [-0.2, -0.15) is 13.2 Å². The highest BCUT2D eigenvalue weighted by Gasteiger charge is 2.27. The summed E-state index contributed by atoms with van der Waals surface area (Å²) in [5.74, 6) is -3.01. The van der Waals surface area contributed by atoms with Crippen LogP contribution >= 0.6 is 0 Å². The molecule has 0 saturated carbocycles. The Hall–Kier alpha value is -6.12. The average molecular weight is 813 g/mol. The van der Waals surface area contributed by atoms with E-state index in [1.54, 1.807) is 24.3 Å². The molecule has 3 aromatic carbocycles. The van der Waals surface area contributed by atoms with Crippen LogP contribution in [0.5, 0.6) is 23.0 Å². The predicted octanol–water partition coefficient (Wildman–Crippen LogP) is 8.96. The van der Waals surface area contributed by atoms with Gasteiger partial charge in [-0.25, -0.2) is 24.0 Å². The molecule has 0 radical (unpaired) electrons. The first kappa shape index (κ1) is 46.3. The standard InChI is InChI=1S/C43H47F3O12/c1-3-38(47)54-27-11-7-5-9-25-52-33-18-14-31(15-19-33)40(49)57-35-22-23-37(36(30-35)42(51)56-29-13-24-43(44,45)46)58-41(50)32-16-20-34(21-17-32)53-26-10-6-8-12-28-55-39(48)4-2/h3-4,14-23,30H,1-2,5-13,24-29H2. The molecular weight excluding hydrogens is 765 g/mol. The molecule has 3 rings (SSSR count). The smallest absolute Gasteiger partial charge is 0.389 e. The Labute approximate surface area is 334 Å². The van der Waals surface area contributed by atoms with E-state index in [1.165, 1.54) is 36.4 Å². The lowest BCUT2D eigenvalue weighted by molar-refractivity contribution is -0.138. The van der Waals surface area contributed by atoms with E-state index < -0.39 is 55.5 Å². The van der Waals surface area contributed by atoms with Gasteiger partial charge < -0.3 is 33.2 Å². The van der Waals surface area contributed by atoms with Crippen LogP contribution < -0.4 is 18.9 Å². The summed E-state index contributed by atoms with van der Waals surface area (Å²) >= 11 is 0. The summed E-state index contributed by atoms with van der Waals surface area (Å²) in [6.45, 7) is 7.62. The molecule has 0 atom stereocenters. The average Bonchev–Trinajstić information content (AvgIpc) is 3.21. The van der Waals surface area contributed by atoms with Gasteiger partial charge in [-0.15, -0.1) is 0 Å². The van der Waals surface area contributed by atoms with Crippen LogP contribution in [0.3, 0.4) is 0 Å². The summed E-state index contributed by atoms with van der Waals surface area (Å²) in [4.78, 5) is 61.2. The van der Waals surface area contributed by atoms with Crippen molar-refractivity contribution in [1.29, 1.82) is 0 Å². The number of carbonyl (C=O) groups is 5. The Kier molecular flexibility index (Phi) is 20.1. The normalized spacial score (nSPS) is 10.8. The predicted molar refractivity (Wildman–Crippen MR) is 205 cm³/mol. The zero-order valence-electron chi connectivity index (χ0n) is 32.1. The first-order valence-corrected chi connectivity index (χ1v) is 18.7. The van der Waals surface area contributed by atoms with Gasteiger partial charge in [0.05, 0.1) is 44.2 Å². The topological polar surface area (TPSA) is 150 Å². The number of carbonyl (C=O) groups excluding carboxylic acids is 5. The minimum Gasteiger partial charge on any atom is -0.494 e. The third-order valence-corrected chi connectivity index (χ3v) is 8.04. The van der Waals surface area contributed by atoms with Crippen molar-refractivity contribution in [2.24, 2.45) is 0 Å². The maximum Gasteiger partial charge on any atom is 0.389 e. The summed E-state index contributed by atoms with van der Waals surface area (Å²) in [6.07, 6.45) is 2.51. The molecular formula is C43H47F3O12. The van der Waals surface area contributed by atoms with Crippen molar-refractivity contribution in [3.8, 4) is 23.0 Å². The van der Waals surface area contributed by atoms with Crippen LogP contribution in [0, 0.1) is 0 Å². The van der Waals surface area contributed by atoms with Gasteiger partial charge in [-0.3, -0.25) is 0 Å². The van der Waals surface area contributed by atoms with E-state index in [2.05, 4.69) is 13.2 Å². The molecule has 3 aromatic rings. The summed E-state index contributed by atoms with van der Waals surface area (Å²) in [5.41, 5.74) is -0.0898. The van der Waals surface area contributed by atoms with Gasteiger partial charge in [0.15, 0.2) is 0 Å². The van der Waals surface area contributed by atoms with Crippen LogP contribution in [0.25, 0.3) is 0 Å². The van der Waals surface area contributed by atoms with Crippen LogP contribution in [0.4, 0.5) is 13.2 Å². The second kappa shape index (κ2) is 25.2. The molecule has 0 fully saturated rings. The molecule has 0 aliphatic carbocycles. The van der Waals surface area contributed by atoms with Gasteiger partial charge in [0, 0.05) is 18.6 Å². The highest BCUT2D eigenvalue weighted by molar-refractivity contribution is 5.97. The number of hydrogen-bond acceptors (Lipinski definition) is 12. The molecule has 0 bridgehead atoms. The monoisotopic (exact) mass is 812 g/mol. The van der Waals surface area contributed by atoms with E-state index in [1.807, 2.05) is 0 Å². The SMILES string of the molecule is C=CC(=O)OCCCCCCOc1ccc(C(=O)Oc2ccc(OC(=O)c3ccc(OCCCCCCOC(=O)C=C)cc3)c(C(=O)OCCCC(F)(F)F)c2)cc1. The third-order valence-electron chi connectivity index (χ3n) is 8.04. The van der Waals surface area contributed by atoms with Gasteiger partial charge in [-0.1, -0.05) is 13.2 Å². The molecule has 312 valence electrons. The van der Waals surface area contributed by atoms with Gasteiger partial charge in [0.2, 0.25) is 0 Å². The van der Waals surface area contributed by atoms with Crippen molar-refractivity contribution >= 4 is 29.8 Å². The van der Waals surface area contributed by atoms with Gasteiger partial charge in [-0.05, 0) is 125 Å². The number of rotatable bonds is 26. The van der Waals surface area contributed by atoms with E-state index in [4.69, 9.17) is 33.2 Å². The van der Waals surface area contributed by atoms with Crippen molar-refractivity contribution in [3.05, 3.63) is 109 Å². The minimum absolute atomic E-state index is 0.109. The molecule has 0 saturated heterocycles. The largest absolute Gasteiger partial charge is 0.494 e. The number of ether oxygens (including phenoxy) is 7. The molecule has 0 heterocycles. The molecule has 0 aromatic heterocycles. The van der Waals surface area contributed by atoms with Gasteiger partial charge in [0.1, 0.15) is 28.6 Å². The highest BCUT2D eigenvalue weighted by atomic mass is 19.4. The van der Waals surface area contributed by atoms with Gasteiger partial charge in [0.25, 0.3) is 0 Å². The van der Waals surface area contributed by atoms with Crippen molar-refractivity contribution in [2.75, 3.05) is 33.0 Å². The molecule has 58 heavy (non-hydrogen) atoms. The van der Waals surface area contributed by atoms with E-state index in [0.29, 0.717) is 37.9 Å². The first-order valence-electron chi connectivity index (χ1n) is 18.7. The fourth-order valence-corrected chi connectivity index (χ4v) is 4.99. The Bertz CT molecular complexity index is 1800. The zero-order valence-corrected chi connectivity index (χ0v) is 32.1. The van der Waals surface area contributed by atoms with Crippen molar-refractivity contribution in [2.45, 2.75) is 70.4 Å². The zero-order chi connectivity index (χ0) is 42.2. The lowest BCUT2D eigenvalue weighted by Gasteiger charge is -2.13. The van der Waals surface area contributed by atoms with E-state index in [-0.39, 0.29) is 28.2 Å². The number of halogens is 3. The number of esters is 5. The second-order valence-corrected chi connectivity index (χ2v) is 12.6. The van der Waals surface area contributed by atoms with Crippen LogP contribution in [0.15, 0.2) is 92.0 Å². The fourth-order valence-electron chi connectivity index (χ4n) is 4.99. The Morgan fingerprint density at radius 2 is 0.931 bits per heavy atom. The second-order valence-electron chi connectivity index (χ2n) is 12.6. The molecule has 0 aliphatic rings. The summed E-state index contributed by atoms with van der Waals surface area (Å²) < 4.78 is 75.2. The summed E-state index contributed by atoms with van der Waals surface area (Å²) in [5, 5.41) is 0. The number of unbranched alkanes of at least 4 members (excludes halogenated alkanes) is 6. The Morgan fingerprint density at radius 1 is 0.500 bits per heavy atom. The summed E-state index contributed by atoms with van der Waals surface area (Å²) in [6, 6.07) is 15.8. The van der Waals surface area contributed by atoms with Crippen LogP contribution in [-0.2, 0) is 23.8 Å². The van der Waals surface area contributed by atoms with Crippen LogP contribution in [0.1, 0.15) is 95.3 Å². The highest BCUT2D eigenvalue weighted by Crippen LogP contribution is 2.28. The molecule has 0 amide bonds. The number of hydrogen-bond donors (Lipinski definition) is 0. The molecule has 15 heteroatoms. The van der Waals surface area contributed by atoms with Gasteiger partial charge >= 0.3 is 36.0 Å². The lowest BCUT2D eigenvalue weighted by atomic mass is 10.1. The fraction of sp³-hybridized carbons (Fsp3) is 0.372. The van der Waals surface area contributed by atoms with E-state index in [0.717, 1.165) is 69.6 Å². The maximum absolute atomic E-state index is 13.1. The molecule has 0 unspecified atom stereocenters. The number of alkyl halides is 3. The maximum atomic E-state index is 13.1. The molecule has 0 spiro atoms. The lowest BCUT2D eigenvalue weighted by Crippen LogP contribution is -2.15. The first-order chi connectivity index (χ1) is 27.9.